The molecule has 0 aliphatic carbocycles. The minimum Gasteiger partial charge on any atom is -0.497 e. The van der Waals surface area contributed by atoms with Crippen molar-refractivity contribution in [3.05, 3.63) is 59.3 Å². The third-order valence-electron chi connectivity index (χ3n) is 5.38. The maximum Gasteiger partial charge on any atom is 0.226 e. The lowest BCUT2D eigenvalue weighted by Gasteiger charge is -2.25. The number of aryl methyl sites for hydroxylation is 1. The zero-order valence-electron chi connectivity index (χ0n) is 16.8. The summed E-state index contributed by atoms with van der Waals surface area (Å²) in [5.41, 5.74) is 3.70. The van der Waals surface area contributed by atoms with Crippen LogP contribution in [0.2, 0.25) is 0 Å². The average molecular weight is 420 g/mol. The van der Waals surface area contributed by atoms with Crippen LogP contribution in [0.15, 0.2) is 42.5 Å². The van der Waals surface area contributed by atoms with Gasteiger partial charge in [0.1, 0.15) is 17.3 Å². The number of ether oxygens (including phenoxy) is 2. The Morgan fingerprint density at radius 3 is 2.80 bits per heavy atom. The molecule has 5 rings (SSSR count). The van der Waals surface area contributed by atoms with Crippen molar-refractivity contribution in [1.29, 1.82) is 0 Å². The number of amides is 1. The molecule has 30 heavy (non-hydrogen) atoms. The number of methoxy groups -OCH3 is 2. The maximum absolute atomic E-state index is 12.6. The Balaban J connectivity index is 1.66. The highest BCUT2D eigenvalue weighted by molar-refractivity contribution is 7.20. The third kappa shape index (κ3) is 2.91. The minimum atomic E-state index is -0.131. The van der Waals surface area contributed by atoms with Crippen molar-refractivity contribution in [2.75, 3.05) is 19.5 Å². The Bertz CT molecular complexity index is 1280. The van der Waals surface area contributed by atoms with Crippen molar-refractivity contribution in [3.8, 4) is 16.6 Å². The SMILES string of the molecule is COc1ccc2nc(-n3nc(C)c4c3NC(=O)C[C@@H]4c3ccccc3OC)sc2c1. The van der Waals surface area contributed by atoms with Gasteiger partial charge in [0.15, 0.2) is 0 Å². The lowest BCUT2D eigenvalue weighted by Crippen LogP contribution is -2.25. The van der Waals surface area contributed by atoms with Gasteiger partial charge in [0.25, 0.3) is 0 Å². The second kappa shape index (κ2) is 7.14. The molecular weight excluding hydrogens is 400 g/mol. The van der Waals surface area contributed by atoms with E-state index in [1.165, 1.54) is 11.3 Å². The predicted octanol–water partition coefficient (Wildman–Crippen LogP) is 4.28. The molecular formula is C22H20N4O3S. The predicted molar refractivity (Wildman–Crippen MR) is 116 cm³/mol. The number of carbonyl (C=O) groups excluding carboxylic acids is 1. The molecule has 7 nitrogen and oxygen atoms in total. The highest BCUT2D eigenvalue weighted by atomic mass is 32.1. The number of aromatic nitrogens is 3. The monoisotopic (exact) mass is 420 g/mol. The lowest BCUT2D eigenvalue weighted by molar-refractivity contribution is -0.116. The number of nitrogens with one attached hydrogen (secondary N) is 1. The first-order valence-corrected chi connectivity index (χ1v) is 10.4. The molecule has 0 unspecified atom stereocenters. The van der Waals surface area contributed by atoms with Gasteiger partial charge < -0.3 is 14.8 Å². The second-order valence-corrected chi connectivity index (χ2v) is 8.15. The molecule has 8 heteroatoms. The summed E-state index contributed by atoms with van der Waals surface area (Å²) in [5.74, 6) is 2.03. The third-order valence-corrected chi connectivity index (χ3v) is 6.38. The standard InChI is InChI=1S/C22H20N4O3S/c1-12-20-15(14-6-4-5-7-17(14)29-3)11-19(27)24-21(20)26(25-12)22-23-16-9-8-13(28-2)10-18(16)30-22/h4-10,15H,11H2,1-3H3,(H,24,27)/t15-/m1/s1. The fourth-order valence-corrected chi connectivity index (χ4v) is 4.97. The molecule has 0 spiro atoms. The van der Waals surface area contributed by atoms with Crippen LogP contribution >= 0.6 is 11.3 Å². The molecule has 2 aromatic carbocycles. The number of para-hydroxylation sites is 1. The van der Waals surface area contributed by atoms with E-state index in [4.69, 9.17) is 19.6 Å². The summed E-state index contributed by atoms with van der Waals surface area (Å²) in [6.45, 7) is 1.96. The summed E-state index contributed by atoms with van der Waals surface area (Å²) in [6, 6.07) is 13.6. The van der Waals surface area contributed by atoms with Gasteiger partial charge in [-0.05, 0) is 31.2 Å². The highest BCUT2D eigenvalue weighted by Gasteiger charge is 2.34. The fourth-order valence-electron chi connectivity index (χ4n) is 4.02. The van der Waals surface area contributed by atoms with E-state index in [1.54, 1.807) is 18.9 Å². The van der Waals surface area contributed by atoms with E-state index >= 15 is 0 Å². The first kappa shape index (κ1) is 18.6. The van der Waals surface area contributed by atoms with E-state index in [0.717, 1.165) is 38.5 Å². The van der Waals surface area contributed by atoms with Gasteiger partial charge in [0.2, 0.25) is 11.0 Å². The number of hydrogen-bond acceptors (Lipinski definition) is 6. The molecule has 1 amide bonds. The van der Waals surface area contributed by atoms with Gasteiger partial charge in [-0.15, -0.1) is 0 Å². The molecule has 0 bridgehead atoms. The fraction of sp³-hybridized carbons (Fsp3) is 0.227. The van der Waals surface area contributed by atoms with Crippen LogP contribution in [0.5, 0.6) is 11.5 Å². The van der Waals surface area contributed by atoms with Gasteiger partial charge in [-0.2, -0.15) is 9.78 Å². The van der Waals surface area contributed by atoms with Gasteiger partial charge >= 0.3 is 0 Å². The first-order chi connectivity index (χ1) is 14.6. The minimum absolute atomic E-state index is 0.0534. The second-order valence-electron chi connectivity index (χ2n) is 7.14. The summed E-state index contributed by atoms with van der Waals surface area (Å²) < 4.78 is 13.6. The van der Waals surface area contributed by atoms with Crippen molar-refractivity contribution < 1.29 is 14.3 Å². The average Bonchev–Trinajstić information content (AvgIpc) is 3.33. The van der Waals surface area contributed by atoms with Crippen molar-refractivity contribution in [3.63, 3.8) is 0 Å². The summed E-state index contributed by atoms with van der Waals surface area (Å²) in [5, 5.41) is 8.46. The molecule has 152 valence electrons. The maximum atomic E-state index is 12.6. The first-order valence-electron chi connectivity index (χ1n) is 9.56. The summed E-state index contributed by atoms with van der Waals surface area (Å²) >= 11 is 1.51. The molecule has 2 aromatic heterocycles. The molecule has 1 aliphatic heterocycles. The zero-order valence-corrected chi connectivity index (χ0v) is 17.6. The van der Waals surface area contributed by atoms with Crippen LogP contribution in [-0.2, 0) is 4.79 Å². The van der Waals surface area contributed by atoms with Crippen molar-refractivity contribution in [1.82, 2.24) is 14.8 Å². The molecule has 1 aliphatic rings. The Kier molecular flexibility index (Phi) is 4.43. The smallest absolute Gasteiger partial charge is 0.226 e. The van der Waals surface area contributed by atoms with Crippen LogP contribution in [0.25, 0.3) is 15.3 Å². The molecule has 1 atom stereocenters. The Hall–Kier alpha value is -3.39. The van der Waals surface area contributed by atoms with E-state index in [1.807, 2.05) is 49.4 Å². The number of carbonyl (C=O) groups is 1. The molecule has 0 saturated carbocycles. The Morgan fingerprint density at radius 2 is 2.00 bits per heavy atom. The van der Waals surface area contributed by atoms with Crippen LogP contribution in [-0.4, -0.2) is 34.9 Å². The number of fused-ring (bicyclic) bond motifs is 2. The number of hydrogen-bond donors (Lipinski definition) is 1. The van der Waals surface area contributed by atoms with Gasteiger partial charge in [-0.3, -0.25) is 4.79 Å². The normalized spacial score (nSPS) is 15.7. The van der Waals surface area contributed by atoms with E-state index < -0.39 is 0 Å². The van der Waals surface area contributed by atoms with Crippen LogP contribution in [0.3, 0.4) is 0 Å². The molecule has 1 N–H and O–H groups in total. The summed E-state index contributed by atoms with van der Waals surface area (Å²) in [6.07, 6.45) is 0.344. The molecule has 0 radical (unpaired) electrons. The number of benzene rings is 2. The number of rotatable bonds is 4. The van der Waals surface area contributed by atoms with Crippen LogP contribution in [0, 0.1) is 6.92 Å². The van der Waals surface area contributed by atoms with Gasteiger partial charge in [0.05, 0.1) is 30.1 Å². The van der Waals surface area contributed by atoms with Gasteiger partial charge in [-0.1, -0.05) is 29.5 Å². The van der Waals surface area contributed by atoms with E-state index in [0.29, 0.717) is 17.4 Å². The van der Waals surface area contributed by atoms with E-state index in [-0.39, 0.29) is 11.8 Å². The zero-order chi connectivity index (χ0) is 20.8. The van der Waals surface area contributed by atoms with Gasteiger partial charge in [0, 0.05) is 23.5 Å². The Labute approximate surface area is 177 Å². The van der Waals surface area contributed by atoms with E-state index in [9.17, 15) is 4.79 Å². The molecule has 0 saturated heterocycles. The Morgan fingerprint density at radius 1 is 1.17 bits per heavy atom. The number of nitrogens with zero attached hydrogens (tertiary/aromatic N) is 3. The topological polar surface area (TPSA) is 78.3 Å². The van der Waals surface area contributed by atoms with Crippen LogP contribution in [0.4, 0.5) is 5.82 Å². The quantitative estimate of drug-likeness (QED) is 0.533. The molecule has 3 heterocycles. The van der Waals surface area contributed by atoms with Crippen molar-refractivity contribution in [2.24, 2.45) is 0 Å². The van der Waals surface area contributed by atoms with E-state index in [2.05, 4.69) is 5.32 Å². The molecule has 4 aromatic rings. The molecule has 0 fully saturated rings. The number of anilines is 1. The van der Waals surface area contributed by atoms with Crippen molar-refractivity contribution >= 4 is 33.3 Å². The van der Waals surface area contributed by atoms with Crippen molar-refractivity contribution in [2.45, 2.75) is 19.3 Å². The highest BCUT2D eigenvalue weighted by Crippen LogP contribution is 2.43. The van der Waals surface area contributed by atoms with Crippen LogP contribution in [0.1, 0.15) is 29.2 Å². The van der Waals surface area contributed by atoms with Gasteiger partial charge in [-0.25, -0.2) is 4.98 Å². The largest absolute Gasteiger partial charge is 0.497 e. The summed E-state index contributed by atoms with van der Waals surface area (Å²) in [4.78, 5) is 17.4. The van der Waals surface area contributed by atoms with Crippen LogP contribution < -0.4 is 14.8 Å². The number of thiazole rings is 1. The summed E-state index contributed by atoms with van der Waals surface area (Å²) in [7, 11) is 3.29. The lowest BCUT2D eigenvalue weighted by atomic mass is 9.85.